The Balaban J connectivity index is 1.64. The van der Waals surface area contributed by atoms with Gasteiger partial charge in [0.05, 0.1) is 19.3 Å². The molecule has 2 heterocycles. The number of imide groups is 1. The third kappa shape index (κ3) is 3.39. The van der Waals surface area contributed by atoms with Crippen molar-refractivity contribution in [2.24, 2.45) is 0 Å². The molecule has 0 aromatic heterocycles. The number of nitrogens with one attached hydrogen (secondary N) is 2. The Bertz CT molecular complexity index is 646. The maximum Gasteiger partial charge on any atom is 0.329 e. The molecule has 2 atom stereocenters. The van der Waals surface area contributed by atoms with Crippen molar-refractivity contribution in [3.05, 3.63) is 29.8 Å². The van der Waals surface area contributed by atoms with Gasteiger partial charge in [0.15, 0.2) is 0 Å². The van der Waals surface area contributed by atoms with Crippen LogP contribution < -0.4 is 15.5 Å². The molecule has 0 spiro atoms. The molecule has 1 aromatic carbocycles. The molecule has 2 aliphatic heterocycles. The summed E-state index contributed by atoms with van der Waals surface area (Å²) >= 11 is 0. The highest BCUT2D eigenvalue weighted by atomic mass is 16.5. The van der Waals surface area contributed by atoms with Crippen LogP contribution in [0.15, 0.2) is 24.3 Å². The van der Waals surface area contributed by atoms with Crippen LogP contribution in [0.3, 0.4) is 0 Å². The second-order valence-electron chi connectivity index (χ2n) is 5.60. The van der Waals surface area contributed by atoms with E-state index in [0.29, 0.717) is 31.1 Å². The van der Waals surface area contributed by atoms with Gasteiger partial charge in [-0.1, -0.05) is 0 Å². The topological polar surface area (TPSA) is 97.0 Å². The Morgan fingerprint density at radius 3 is 2.71 bits per heavy atom. The lowest BCUT2D eigenvalue weighted by Gasteiger charge is -2.19. The van der Waals surface area contributed by atoms with Gasteiger partial charge in [-0.2, -0.15) is 0 Å². The van der Waals surface area contributed by atoms with E-state index in [1.165, 1.54) is 4.90 Å². The highest BCUT2D eigenvalue weighted by molar-refractivity contribution is 6.12. The minimum absolute atomic E-state index is 0.0141. The summed E-state index contributed by atoms with van der Waals surface area (Å²) in [4.78, 5) is 36.5. The zero-order valence-corrected chi connectivity index (χ0v) is 13.3. The van der Waals surface area contributed by atoms with Crippen LogP contribution in [0.5, 0.6) is 0 Å². The SMILES string of the molecule is CCO[C@H]1COC[C@@H]1NC(=O)c1ccc(N2CC(=O)NC2=O)cc1. The van der Waals surface area contributed by atoms with Crippen molar-refractivity contribution < 1.29 is 23.9 Å². The van der Waals surface area contributed by atoms with Gasteiger partial charge in [-0.05, 0) is 31.2 Å². The second-order valence-corrected chi connectivity index (χ2v) is 5.60. The Hall–Kier alpha value is -2.45. The Morgan fingerprint density at radius 2 is 2.08 bits per heavy atom. The molecule has 24 heavy (non-hydrogen) atoms. The zero-order valence-electron chi connectivity index (χ0n) is 13.3. The van der Waals surface area contributed by atoms with Crippen molar-refractivity contribution in [2.75, 3.05) is 31.3 Å². The summed E-state index contributed by atoms with van der Waals surface area (Å²) in [6.07, 6.45) is -0.141. The molecule has 4 amide bonds. The van der Waals surface area contributed by atoms with E-state index in [2.05, 4.69) is 10.6 Å². The van der Waals surface area contributed by atoms with Crippen LogP contribution in [0.2, 0.25) is 0 Å². The molecule has 0 bridgehead atoms. The van der Waals surface area contributed by atoms with Crippen LogP contribution in [0.4, 0.5) is 10.5 Å². The summed E-state index contributed by atoms with van der Waals surface area (Å²) in [7, 11) is 0. The van der Waals surface area contributed by atoms with Gasteiger partial charge >= 0.3 is 6.03 Å². The monoisotopic (exact) mass is 333 g/mol. The van der Waals surface area contributed by atoms with E-state index in [1.54, 1.807) is 24.3 Å². The number of ether oxygens (including phenoxy) is 2. The van der Waals surface area contributed by atoms with E-state index in [4.69, 9.17) is 9.47 Å². The van der Waals surface area contributed by atoms with Crippen molar-refractivity contribution >= 4 is 23.5 Å². The van der Waals surface area contributed by atoms with Crippen LogP contribution >= 0.6 is 0 Å². The molecule has 3 rings (SSSR count). The van der Waals surface area contributed by atoms with Gasteiger partial charge in [-0.25, -0.2) is 4.79 Å². The predicted octanol–water partition coefficient (Wildman–Crippen LogP) is 0.276. The molecule has 1 aromatic rings. The number of carbonyl (C=O) groups excluding carboxylic acids is 3. The van der Waals surface area contributed by atoms with E-state index < -0.39 is 6.03 Å². The molecule has 0 radical (unpaired) electrons. The standard InChI is InChI=1S/C16H19N3O5/c1-2-24-13-9-23-8-12(13)17-15(21)10-3-5-11(6-4-10)19-7-14(20)18-16(19)22/h3-6,12-13H,2,7-9H2,1H3,(H,17,21)(H,18,20,22)/t12-,13-/m0/s1. The van der Waals surface area contributed by atoms with E-state index in [9.17, 15) is 14.4 Å². The molecule has 2 saturated heterocycles. The average Bonchev–Trinajstić information content (AvgIpc) is 3.14. The van der Waals surface area contributed by atoms with E-state index in [1.807, 2.05) is 6.92 Å². The Kier molecular flexibility index (Phi) is 4.77. The molecular formula is C16H19N3O5. The molecule has 8 nitrogen and oxygen atoms in total. The molecule has 2 aliphatic rings. The largest absolute Gasteiger partial charge is 0.376 e. The molecule has 8 heteroatoms. The molecule has 0 unspecified atom stereocenters. The van der Waals surface area contributed by atoms with Crippen molar-refractivity contribution in [1.29, 1.82) is 0 Å². The van der Waals surface area contributed by atoms with E-state index in [-0.39, 0.29) is 30.5 Å². The first kappa shape index (κ1) is 16.4. The van der Waals surface area contributed by atoms with Crippen LogP contribution in [0, 0.1) is 0 Å². The number of urea groups is 1. The van der Waals surface area contributed by atoms with Crippen LogP contribution in [0.25, 0.3) is 0 Å². The first-order valence-electron chi connectivity index (χ1n) is 7.80. The van der Waals surface area contributed by atoms with Gasteiger partial charge in [0.1, 0.15) is 12.6 Å². The summed E-state index contributed by atoms with van der Waals surface area (Å²) in [5, 5.41) is 5.11. The van der Waals surface area contributed by atoms with Crippen molar-refractivity contribution in [2.45, 2.75) is 19.1 Å². The third-order valence-corrected chi connectivity index (χ3v) is 3.96. The van der Waals surface area contributed by atoms with Gasteiger partial charge in [-0.15, -0.1) is 0 Å². The Morgan fingerprint density at radius 1 is 1.33 bits per heavy atom. The maximum absolute atomic E-state index is 12.3. The molecule has 2 N–H and O–H groups in total. The highest BCUT2D eigenvalue weighted by Gasteiger charge is 2.31. The molecule has 0 saturated carbocycles. The minimum Gasteiger partial charge on any atom is -0.376 e. The number of benzene rings is 1. The molecule has 0 aliphatic carbocycles. The lowest BCUT2D eigenvalue weighted by molar-refractivity contribution is -0.117. The van der Waals surface area contributed by atoms with Gasteiger partial charge < -0.3 is 14.8 Å². The molecular weight excluding hydrogens is 314 g/mol. The third-order valence-electron chi connectivity index (χ3n) is 3.96. The van der Waals surface area contributed by atoms with Crippen LogP contribution in [-0.4, -0.2) is 56.4 Å². The quantitative estimate of drug-likeness (QED) is 0.754. The lowest BCUT2D eigenvalue weighted by Crippen LogP contribution is -2.43. The minimum atomic E-state index is -0.458. The average molecular weight is 333 g/mol. The maximum atomic E-state index is 12.3. The first-order chi connectivity index (χ1) is 11.6. The smallest absolute Gasteiger partial charge is 0.329 e. The van der Waals surface area contributed by atoms with E-state index >= 15 is 0 Å². The van der Waals surface area contributed by atoms with Gasteiger partial charge in [0.2, 0.25) is 5.91 Å². The van der Waals surface area contributed by atoms with Crippen molar-refractivity contribution in [3.63, 3.8) is 0 Å². The number of carbonyl (C=O) groups is 3. The summed E-state index contributed by atoms with van der Waals surface area (Å²) in [6.45, 7) is 3.33. The van der Waals surface area contributed by atoms with Crippen molar-refractivity contribution in [1.82, 2.24) is 10.6 Å². The number of nitrogens with zero attached hydrogens (tertiary/aromatic N) is 1. The fraction of sp³-hybridized carbons (Fsp3) is 0.438. The normalized spacial score (nSPS) is 23.5. The summed E-state index contributed by atoms with van der Waals surface area (Å²) in [6, 6.07) is 5.87. The second kappa shape index (κ2) is 6.98. The molecule has 128 valence electrons. The molecule has 2 fully saturated rings. The number of amides is 4. The predicted molar refractivity (Wildman–Crippen MR) is 84.8 cm³/mol. The highest BCUT2D eigenvalue weighted by Crippen LogP contribution is 2.18. The van der Waals surface area contributed by atoms with Crippen LogP contribution in [0.1, 0.15) is 17.3 Å². The van der Waals surface area contributed by atoms with E-state index in [0.717, 1.165) is 0 Å². The number of hydrogen-bond donors (Lipinski definition) is 2. The van der Waals surface area contributed by atoms with Crippen LogP contribution in [-0.2, 0) is 14.3 Å². The van der Waals surface area contributed by atoms with Gasteiger partial charge in [0.25, 0.3) is 5.91 Å². The summed E-state index contributed by atoms with van der Waals surface area (Å²) in [5.74, 6) is -0.575. The summed E-state index contributed by atoms with van der Waals surface area (Å²) in [5.41, 5.74) is 1.03. The summed E-state index contributed by atoms with van der Waals surface area (Å²) < 4.78 is 10.9. The fourth-order valence-corrected chi connectivity index (χ4v) is 2.74. The van der Waals surface area contributed by atoms with Crippen molar-refractivity contribution in [3.8, 4) is 0 Å². The number of rotatable bonds is 5. The Labute approximate surface area is 139 Å². The number of anilines is 1. The zero-order chi connectivity index (χ0) is 17.1. The fourth-order valence-electron chi connectivity index (χ4n) is 2.74. The first-order valence-corrected chi connectivity index (χ1v) is 7.80. The van der Waals surface area contributed by atoms with Gasteiger partial charge in [0, 0.05) is 17.9 Å². The van der Waals surface area contributed by atoms with Gasteiger partial charge in [-0.3, -0.25) is 19.8 Å². The number of hydrogen-bond acceptors (Lipinski definition) is 5. The lowest BCUT2D eigenvalue weighted by atomic mass is 10.1.